The lowest BCUT2D eigenvalue weighted by Crippen LogP contribution is -2.44. The number of ether oxygens (including phenoxy) is 3. The first-order valence-corrected chi connectivity index (χ1v) is 7.02. The van der Waals surface area contributed by atoms with Crippen LogP contribution in [0.2, 0.25) is 0 Å². The Morgan fingerprint density at radius 2 is 2.09 bits per heavy atom. The number of nitrogen functional groups attached to an aromatic ring is 1. The summed E-state index contributed by atoms with van der Waals surface area (Å²) in [5.74, 6) is -0.560. The number of imidazole rings is 1. The number of aromatic nitrogens is 4. The third kappa shape index (κ3) is 1.99. The first kappa shape index (κ1) is 13.6. The smallest absolute Gasteiger partial charge is 0.279 e. The molecule has 3 heterocycles. The zero-order valence-electron chi connectivity index (χ0n) is 12.4. The second-order valence-corrected chi connectivity index (χ2v) is 5.84. The van der Waals surface area contributed by atoms with E-state index in [1.165, 1.54) is 11.9 Å². The molecule has 0 radical (unpaired) electrons. The minimum Gasteiger partial charge on any atom is -0.382 e. The summed E-state index contributed by atoms with van der Waals surface area (Å²) >= 11 is 0. The van der Waals surface area contributed by atoms with E-state index in [9.17, 15) is 0 Å². The van der Waals surface area contributed by atoms with E-state index in [0.29, 0.717) is 30.2 Å². The van der Waals surface area contributed by atoms with Gasteiger partial charge in [-0.15, -0.1) is 0 Å². The summed E-state index contributed by atoms with van der Waals surface area (Å²) in [6.45, 7) is 2.93. The molecule has 0 unspecified atom stereocenters. The molecule has 116 valence electrons. The van der Waals surface area contributed by atoms with Crippen molar-refractivity contribution in [3.8, 4) is 0 Å². The molecule has 0 bridgehead atoms. The van der Waals surface area contributed by atoms with Crippen molar-refractivity contribution in [1.82, 2.24) is 19.5 Å². The van der Waals surface area contributed by atoms with Gasteiger partial charge in [-0.05, 0) is 12.0 Å². The van der Waals surface area contributed by atoms with Crippen LogP contribution in [0.15, 0.2) is 18.2 Å². The van der Waals surface area contributed by atoms with Crippen LogP contribution < -0.4 is 5.73 Å². The molecule has 4 rings (SSSR count). The molecule has 2 aromatic heterocycles. The third-order valence-electron chi connectivity index (χ3n) is 4.36. The van der Waals surface area contributed by atoms with Gasteiger partial charge in [-0.3, -0.25) is 4.57 Å². The number of anilines is 1. The standard InChI is InChI=1S/C14H17N5O3/c1-13(20-2)21-5-14(6-22-13)3-9(14)4-19-8-18-10-11(15)16-7-17-12(10)19/h4,7-8H,3,5-6H2,1-2H3,(H2,15,16,17)/b9-4-. The van der Waals surface area contributed by atoms with Gasteiger partial charge in [0.25, 0.3) is 5.97 Å². The first-order valence-electron chi connectivity index (χ1n) is 7.02. The highest BCUT2D eigenvalue weighted by molar-refractivity contribution is 5.82. The third-order valence-corrected chi connectivity index (χ3v) is 4.36. The van der Waals surface area contributed by atoms with Crippen molar-refractivity contribution >= 4 is 23.2 Å². The fourth-order valence-electron chi connectivity index (χ4n) is 2.66. The minimum atomic E-state index is -0.942. The zero-order valence-corrected chi connectivity index (χ0v) is 12.4. The summed E-state index contributed by atoms with van der Waals surface area (Å²) < 4.78 is 18.4. The van der Waals surface area contributed by atoms with Crippen LogP contribution in [0.25, 0.3) is 17.4 Å². The molecular formula is C14H17N5O3. The number of hydrogen-bond donors (Lipinski definition) is 1. The highest BCUT2D eigenvalue weighted by Gasteiger charge is 2.55. The van der Waals surface area contributed by atoms with Gasteiger partial charge in [0.2, 0.25) is 0 Å². The predicted molar refractivity (Wildman–Crippen MR) is 78.4 cm³/mol. The maximum absolute atomic E-state index is 5.80. The van der Waals surface area contributed by atoms with Crippen molar-refractivity contribution in [3.05, 3.63) is 18.2 Å². The van der Waals surface area contributed by atoms with Crippen LogP contribution >= 0.6 is 0 Å². The zero-order chi connectivity index (χ0) is 15.4. The largest absolute Gasteiger partial charge is 0.382 e. The molecule has 1 spiro atoms. The van der Waals surface area contributed by atoms with E-state index in [-0.39, 0.29) is 5.41 Å². The molecule has 0 aromatic carbocycles. The van der Waals surface area contributed by atoms with Gasteiger partial charge in [-0.1, -0.05) is 0 Å². The molecule has 1 aliphatic carbocycles. The highest BCUT2D eigenvalue weighted by Crippen LogP contribution is 2.55. The molecule has 22 heavy (non-hydrogen) atoms. The summed E-state index contributed by atoms with van der Waals surface area (Å²) in [6.07, 6.45) is 6.07. The number of nitrogens with two attached hydrogens (primary N) is 1. The molecule has 8 nitrogen and oxygen atoms in total. The first-order chi connectivity index (χ1) is 10.6. The average molecular weight is 303 g/mol. The van der Waals surface area contributed by atoms with Gasteiger partial charge in [0, 0.05) is 25.6 Å². The van der Waals surface area contributed by atoms with Crippen LogP contribution in [-0.4, -0.2) is 45.8 Å². The van der Waals surface area contributed by atoms with Crippen molar-refractivity contribution < 1.29 is 14.2 Å². The second kappa shape index (κ2) is 4.48. The number of rotatable bonds is 2. The lowest BCUT2D eigenvalue weighted by Gasteiger charge is -2.36. The van der Waals surface area contributed by atoms with Crippen molar-refractivity contribution in [2.45, 2.75) is 19.3 Å². The average Bonchev–Trinajstić information content (AvgIpc) is 3.02. The van der Waals surface area contributed by atoms with Gasteiger partial charge in [-0.2, -0.15) is 0 Å². The quantitative estimate of drug-likeness (QED) is 0.884. The number of methoxy groups -OCH3 is 1. The predicted octanol–water partition coefficient (Wildman–Crippen LogP) is 1.01. The second-order valence-electron chi connectivity index (χ2n) is 5.84. The Kier molecular flexibility index (Phi) is 2.77. The van der Waals surface area contributed by atoms with Crippen LogP contribution in [-0.2, 0) is 14.2 Å². The SMILES string of the molecule is COC1(C)OCC2(CO1)C/C2=C/n1cnc2c(N)ncnc21. The Balaban J connectivity index is 1.59. The van der Waals surface area contributed by atoms with Crippen LogP contribution in [0, 0.1) is 5.41 Å². The fraction of sp³-hybridized carbons (Fsp3) is 0.500. The van der Waals surface area contributed by atoms with Crippen molar-refractivity contribution in [3.63, 3.8) is 0 Å². The van der Waals surface area contributed by atoms with Crippen molar-refractivity contribution in [1.29, 1.82) is 0 Å². The molecule has 8 heteroatoms. The van der Waals surface area contributed by atoms with Crippen LogP contribution in [0.5, 0.6) is 0 Å². The minimum absolute atomic E-state index is 0.0623. The van der Waals surface area contributed by atoms with Crippen LogP contribution in [0.1, 0.15) is 13.3 Å². The molecule has 2 aliphatic rings. The van der Waals surface area contributed by atoms with Crippen LogP contribution in [0.4, 0.5) is 5.82 Å². The molecule has 1 saturated heterocycles. The molecule has 2 fully saturated rings. The van der Waals surface area contributed by atoms with E-state index < -0.39 is 5.97 Å². The molecule has 1 saturated carbocycles. The number of fused-ring (bicyclic) bond motifs is 1. The van der Waals surface area contributed by atoms with Crippen molar-refractivity contribution in [2.75, 3.05) is 26.1 Å². The van der Waals surface area contributed by atoms with Crippen molar-refractivity contribution in [2.24, 2.45) is 5.41 Å². The van der Waals surface area contributed by atoms with E-state index in [1.807, 2.05) is 10.8 Å². The Morgan fingerprint density at radius 3 is 2.82 bits per heavy atom. The Morgan fingerprint density at radius 1 is 1.32 bits per heavy atom. The monoisotopic (exact) mass is 303 g/mol. The summed E-state index contributed by atoms with van der Waals surface area (Å²) in [5.41, 5.74) is 8.28. The Hall–Kier alpha value is -2.03. The summed E-state index contributed by atoms with van der Waals surface area (Å²) in [6, 6.07) is 0. The van der Waals surface area contributed by atoms with Gasteiger partial charge < -0.3 is 19.9 Å². The highest BCUT2D eigenvalue weighted by atomic mass is 16.9. The topological polar surface area (TPSA) is 97.3 Å². The number of hydrogen-bond acceptors (Lipinski definition) is 7. The Labute approximate surface area is 126 Å². The molecule has 1 aliphatic heterocycles. The van der Waals surface area contributed by atoms with E-state index >= 15 is 0 Å². The Bertz CT molecular complexity index is 761. The maximum atomic E-state index is 5.80. The summed E-state index contributed by atoms with van der Waals surface area (Å²) in [7, 11) is 1.57. The number of nitrogens with zero attached hydrogens (tertiary/aromatic N) is 4. The molecular weight excluding hydrogens is 286 g/mol. The molecule has 0 atom stereocenters. The van der Waals surface area contributed by atoms with E-state index in [1.54, 1.807) is 20.4 Å². The molecule has 2 N–H and O–H groups in total. The van der Waals surface area contributed by atoms with E-state index in [0.717, 1.165) is 6.42 Å². The fourth-order valence-corrected chi connectivity index (χ4v) is 2.66. The maximum Gasteiger partial charge on any atom is 0.279 e. The summed E-state index contributed by atoms with van der Waals surface area (Å²) in [5, 5.41) is 0. The van der Waals surface area contributed by atoms with E-state index in [4.69, 9.17) is 19.9 Å². The molecule has 2 aromatic rings. The summed E-state index contributed by atoms with van der Waals surface area (Å²) in [4.78, 5) is 12.4. The van der Waals surface area contributed by atoms with Gasteiger partial charge >= 0.3 is 0 Å². The lowest BCUT2D eigenvalue weighted by molar-refractivity contribution is -0.392. The van der Waals surface area contributed by atoms with E-state index in [2.05, 4.69) is 15.0 Å². The molecule has 0 amide bonds. The van der Waals surface area contributed by atoms with Gasteiger partial charge in [0.15, 0.2) is 17.0 Å². The van der Waals surface area contributed by atoms with Gasteiger partial charge in [-0.25, -0.2) is 15.0 Å². The normalized spacial score (nSPS) is 32.9. The lowest BCUT2D eigenvalue weighted by atomic mass is 10.1. The van der Waals surface area contributed by atoms with Gasteiger partial charge in [0.05, 0.1) is 13.2 Å². The van der Waals surface area contributed by atoms with Gasteiger partial charge in [0.1, 0.15) is 12.7 Å². The van der Waals surface area contributed by atoms with Crippen LogP contribution in [0.3, 0.4) is 0 Å².